The van der Waals surface area contributed by atoms with Crippen LogP contribution in [0.1, 0.15) is 27.7 Å². The van der Waals surface area contributed by atoms with Gasteiger partial charge in [0.25, 0.3) is 0 Å². The topological polar surface area (TPSA) is 82.2 Å². The summed E-state index contributed by atoms with van der Waals surface area (Å²) in [6, 6.07) is 23.6. The number of carbonyl (C=O) groups is 1. The highest BCUT2D eigenvalue weighted by Gasteiger charge is 2.23. The highest BCUT2D eigenvalue weighted by Crippen LogP contribution is 2.31. The van der Waals surface area contributed by atoms with Crippen molar-refractivity contribution in [1.29, 1.82) is 0 Å². The Kier molecular flexibility index (Phi) is 6.33. The highest BCUT2D eigenvalue weighted by atomic mass is 16.6. The fraction of sp³-hybridized carbons (Fsp3) is 0.212. The standard InChI is InChI=1S/C33H31N5O3/c1-6-37(32(40)41-33(2,3)4)24-12-14-25(15-13-24)38-30-26-18-21(23-17-22-9-7-8-10-27(22)34-19-23)11-16-28(26)35-20-29(30)36(5)31(38)39/h7-20H,6H2,1-5H3. The summed E-state index contributed by atoms with van der Waals surface area (Å²) in [5.41, 5.74) is 5.79. The van der Waals surface area contributed by atoms with Crippen LogP contribution in [0.2, 0.25) is 0 Å². The van der Waals surface area contributed by atoms with Crippen molar-refractivity contribution in [2.75, 3.05) is 11.4 Å². The number of anilines is 1. The van der Waals surface area contributed by atoms with Crippen LogP contribution in [0.25, 0.3) is 49.7 Å². The summed E-state index contributed by atoms with van der Waals surface area (Å²) in [5.74, 6) is 0. The Labute approximate surface area is 237 Å². The molecule has 0 atom stereocenters. The third kappa shape index (κ3) is 4.71. The first-order valence-corrected chi connectivity index (χ1v) is 13.6. The lowest BCUT2D eigenvalue weighted by molar-refractivity contribution is 0.0582. The largest absolute Gasteiger partial charge is 0.443 e. The molecular formula is C33H31N5O3. The number of nitrogens with zero attached hydrogens (tertiary/aromatic N) is 5. The van der Waals surface area contributed by atoms with Crippen LogP contribution in [-0.4, -0.2) is 37.3 Å². The number of ether oxygens (including phenoxy) is 1. The number of benzene rings is 3. The maximum Gasteiger partial charge on any atom is 0.414 e. The molecule has 0 unspecified atom stereocenters. The second-order valence-electron chi connectivity index (χ2n) is 11.1. The summed E-state index contributed by atoms with van der Waals surface area (Å²) in [5, 5.41) is 1.92. The van der Waals surface area contributed by atoms with Crippen LogP contribution in [0.4, 0.5) is 10.5 Å². The molecule has 206 valence electrons. The Morgan fingerprint density at radius 3 is 2.37 bits per heavy atom. The molecule has 0 aliphatic carbocycles. The van der Waals surface area contributed by atoms with Crippen molar-refractivity contribution >= 4 is 44.6 Å². The quantitative estimate of drug-likeness (QED) is 0.242. The van der Waals surface area contributed by atoms with Crippen LogP contribution < -0.4 is 10.6 Å². The average Bonchev–Trinajstić information content (AvgIpc) is 3.22. The van der Waals surface area contributed by atoms with Gasteiger partial charge in [0, 0.05) is 41.8 Å². The number of aryl methyl sites for hydroxylation is 1. The Morgan fingerprint density at radius 1 is 0.902 bits per heavy atom. The molecule has 0 fully saturated rings. The van der Waals surface area contributed by atoms with Crippen molar-refractivity contribution in [3.05, 3.63) is 95.7 Å². The third-order valence-electron chi connectivity index (χ3n) is 7.16. The minimum absolute atomic E-state index is 0.181. The Hall–Kier alpha value is -4.98. The van der Waals surface area contributed by atoms with Crippen LogP contribution in [0.15, 0.2) is 90.0 Å². The minimum Gasteiger partial charge on any atom is -0.443 e. The first-order chi connectivity index (χ1) is 19.6. The van der Waals surface area contributed by atoms with E-state index < -0.39 is 11.7 Å². The summed E-state index contributed by atoms with van der Waals surface area (Å²) in [6.45, 7) is 7.88. The minimum atomic E-state index is -0.600. The van der Waals surface area contributed by atoms with Crippen molar-refractivity contribution in [1.82, 2.24) is 19.1 Å². The number of hydrogen-bond acceptors (Lipinski definition) is 5. The van der Waals surface area contributed by atoms with Gasteiger partial charge < -0.3 is 4.74 Å². The van der Waals surface area contributed by atoms with Gasteiger partial charge in [0.1, 0.15) is 5.60 Å². The number of pyridine rings is 2. The molecule has 0 spiro atoms. The lowest BCUT2D eigenvalue weighted by atomic mass is 10.0. The number of aromatic nitrogens is 4. The van der Waals surface area contributed by atoms with Crippen molar-refractivity contribution in [2.24, 2.45) is 7.05 Å². The molecule has 0 radical (unpaired) electrons. The lowest BCUT2D eigenvalue weighted by Gasteiger charge is -2.26. The maximum absolute atomic E-state index is 13.6. The molecule has 3 aromatic carbocycles. The lowest BCUT2D eigenvalue weighted by Crippen LogP contribution is -2.36. The second kappa shape index (κ2) is 9.89. The van der Waals surface area contributed by atoms with E-state index in [1.165, 1.54) is 0 Å². The number of para-hydroxylation sites is 1. The summed E-state index contributed by atoms with van der Waals surface area (Å²) in [7, 11) is 1.75. The van der Waals surface area contributed by atoms with Crippen molar-refractivity contribution < 1.29 is 9.53 Å². The van der Waals surface area contributed by atoms with E-state index in [0.717, 1.165) is 44.0 Å². The van der Waals surface area contributed by atoms with Crippen LogP contribution in [0.3, 0.4) is 0 Å². The number of rotatable bonds is 4. The molecule has 0 bridgehead atoms. The zero-order valence-corrected chi connectivity index (χ0v) is 23.8. The number of hydrogen-bond donors (Lipinski definition) is 0. The Morgan fingerprint density at radius 2 is 1.63 bits per heavy atom. The molecule has 8 nitrogen and oxygen atoms in total. The summed E-state index contributed by atoms with van der Waals surface area (Å²) in [4.78, 5) is 37.2. The molecule has 6 rings (SSSR count). The Balaban J connectivity index is 1.48. The van der Waals surface area contributed by atoms with Gasteiger partial charge in [-0.2, -0.15) is 0 Å². The van der Waals surface area contributed by atoms with Gasteiger partial charge in [-0.05, 0) is 81.8 Å². The van der Waals surface area contributed by atoms with E-state index in [1.54, 1.807) is 27.3 Å². The van der Waals surface area contributed by atoms with Crippen LogP contribution in [0, 0.1) is 0 Å². The summed E-state index contributed by atoms with van der Waals surface area (Å²) >= 11 is 0. The second-order valence-corrected chi connectivity index (χ2v) is 11.1. The fourth-order valence-corrected chi connectivity index (χ4v) is 5.16. The molecule has 0 saturated heterocycles. The zero-order chi connectivity index (χ0) is 28.9. The molecule has 8 heteroatoms. The van der Waals surface area contributed by atoms with E-state index in [0.29, 0.717) is 17.9 Å². The van der Waals surface area contributed by atoms with Gasteiger partial charge >= 0.3 is 11.8 Å². The summed E-state index contributed by atoms with van der Waals surface area (Å²) < 4.78 is 8.89. The van der Waals surface area contributed by atoms with E-state index >= 15 is 0 Å². The maximum atomic E-state index is 13.6. The zero-order valence-electron chi connectivity index (χ0n) is 23.8. The van der Waals surface area contributed by atoms with E-state index in [-0.39, 0.29) is 5.69 Å². The first kappa shape index (κ1) is 26.3. The Bertz CT molecular complexity index is 2000. The van der Waals surface area contributed by atoms with E-state index in [2.05, 4.69) is 22.1 Å². The predicted octanol–water partition coefficient (Wildman–Crippen LogP) is 6.85. The van der Waals surface area contributed by atoms with Crippen molar-refractivity contribution in [3.8, 4) is 16.8 Å². The van der Waals surface area contributed by atoms with E-state index in [4.69, 9.17) is 4.74 Å². The number of imidazole rings is 1. The molecule has 0 saturated carbocycles. The molecule has 6 aromatic rings. The highest BCUT2D eigenvalue weighted by molar-refractivity contribution is 6.05. The smallest absolute Gasteiger partial charge is 0.414 e. The van der Waals surface area contributed by atoms with Crippen LogP contribution >= 0.6 is 0 Å². The predicted molar refractivity (Wildman–Crippen MR) is 164 cm³/mol. The number of carbonyl (C=O) groups excluding carboxylic acids is 1. The van der Waals surface area contributed by atoms with Gasteiger partial charge in [-0.25, -0.2) is 9.59 Å². The molecule has 0 aliphatic rings. The van der Waals surface area contributed by atoms with Crippen LogP contribution in [-0.2, 0) is 11.8 Å². The number of amides is 1. The SMILES string of the molecule is CCN(C(=O)OC(C)(C)C)c1ccc(-n2c(=O)n(C)c3cnc4ccc(-c5cnc6ccccc6c5)cc4c32)cc1. The molecule has 0 aliphatic heterocycles. The first-order valence-electron chi connectivity index (χ1n) is 13.6. The molecule has 0 N–H and O–H groups in total. The van der Waals surface area contributed by atoms with E-state index in [9.17, 15) is 9.59 Å². The van der Waals surface area contributed by atoms with E-state index in [1.807, 2.05) is 94.6 Å². The van der Waals surface area contributed by atoms with Crippen molar-refractivity contribution in [2.45, 2.75) is 33.3 Å². The monoisotopic (exact) mass is 545 g/mol. The van der Waals surface area contributed by atoms with Gasteiger partial charge in [0.2, 0.25) is 0 Å². The number of fused-ring (bicyclic) bond motifs is 4. The molecule has 3 aromatic heterocycles. The van der Waals surface area contributed by atoms with Gasteiger partial charge in [-0.3, -0.25) is 24.0 Å². The molecule has 41 heavy (non-hydrogen) atoms. The van der Waals surface area contributed by atoms with Crippen molar-refractivity contribution in [3.63, 3.8) is 0 Å². The van der Waals surface area contributed by atoms with Gasteiger partial charge in [-0.15, -0.1) is 0 Å². The van der Waals surface area contributed by atoms with Gasteiger partial charge in [-0.1, -0.05) is 24.3 Å². The average molecular weight is 546 g/mol. The molecule has 1 amide bonds. The fourth-order valence-electron chi connectivity index (χ4n) is 5.16. The normalized spacial score (nSPS) is 11.8. The molecule has 3 heterocycles. The summed E-state index contributed by atoms with van der Waals surface area (Å²) in [6.07, 6.45) is 3.20. The van der Waals surface area contributed by atoms with Gasteiger partial charge in [0.15, 0.2) is 0 Å². The van der Waals surface area contributed by atoms with Gasteiger partial charge in [0.05, 0.1) is 34.0 Å². The van der Waals surface area contributed by atoms with Crippen LogP contribution in [0.5, 0.6) is 0 Å². The molecular weight excluding hydrogens is 514 g/mol. The third-order valence-corrected chi connectivity index (χ3v) is 7.16.